The molecular weight excluding hydrogens is 258 g/mol. The van der Waals surface area contributed by atoms with Gasteiger partial charge < -0.3 is 9.64 Å². The Hall–Kier alpha value is -2.37. The summed E-state index contributed by atoms with van der Waals surface area (Å²) < 4.78 is 4.76. The molecular formula is C14H15N3O3. The molecule has 1 atom stereocenters. The Morgan fingerprint density at radius 2 is 2.20 bits per heavy atom. The van der Waals surface area contributed by atoms with Gasteiger partial charge in [0.25, 0.3) is 5.91 Å². The van der Waals surface area contributed by atoms with Gasteiger partial charge >= 0.3 is 5.97 Å². The van der Waals surface area contributed by atoms with Gasteiger partial charge in [-0.2, -0.15) is 5.10 Å². The fraction of sp³-hybridized carbons (Fsp3) is 0.357. The van der Waals surface area contributed by atoms with E-state index in [-0.39, 0.29) is 11.9 Å². The zero-order chi connectivity index (χ0) is 14.1. The average Bonchev–Trinajstić information content (AvgIpc) is 3.12. The highest BCUT2D eigenvalue weighted by molar-refractivity contribution is 6.05. The number of hydrogen-bond donors (Lipinski definition) is 1. The summed E-state index contributed by atoms with van der Waals surface area (Å²) in [5.74, 6) is -0.592. The highest BCUT2D eigenvalue weighted by atomic mass is 16.5. The van der Waals surface area contributed by atoms with Crippen molar-refractivity contribution in [3.05, 3.63) is 30.0 Å². The molecule has 3 rings (SSSR count). The predicted octanol–water partition coefficient (Wildman–Crippen LogP) is 1.34. The van der Waals surface area contributed by atoms with Crippen LogP contribution in [0.15, 0.2) is 24.3 Å². The van der Waals surface area contributed by atoms with E-state index in [2.05, 4.69) is 10.2 Å². The van der Waals surface area contributed by atoms with Crippen LogP contribution < -0.4 is 0 Å². The molecule has 2 aromatic rings. The number of esters is 1. The molecule has 1 unspecified atom stereocenters. The lowest BCUT2D eigenvalue weighted by Crippen LogP contribution is -2.41. The first-order valence-electron chi connectivity index (χ1n) is 6.54. The lowest BCUT2D eigenvalue weighted by Gasteiger charge is -2.21. The van der Waals surface area contributed by atoms with E-state index in [1.54, 1.807) is 4.90 Å². The van der Waals surface area contributed by atoms with Crippen molar-refractivity contribution < 1.29 is 14.3 Å². The Balaban J connectivity index is 1.94. The summed E-state index contributed by atoms with van der Waals surface area (Å²) in [6.07, 6.45) is 1.44. The van der Waals surface area contributed by atoms with Crippen molar-refractivity contribution in [3.8, 4) is 0 Å². The molecule has 0 spiro atoms. The molecule has 0 bridgehead atoms. The smallest absolute Gasteiger partial charge is 0.328 e. The maximum atomic E-state index is 12.6. The number of aromatic amines is 1. The largest absolute Gasteiger partial charge is 0.467 e. The molecule has 1 fully saturated rings. The molecule has 6 heteroatoms. The Kier molecular flexibility index (Phi) is 3.14. The monoisotopic (exact) mass is 273 g/mol. The Labute approximate surface area is 115 Å². The summed E-state index contributed by atoms with van der Waals surface area (Å²) in [6.45, 7) is 0.555. The molecule has 1 aliphatic rings. The van der Waals surface area contributed by atoms with Crippen LogP contribution in [0.25, 0.3) is 10.9 Å². The highest BCUT2D eigenvalue weighted by Crippen LogP contribution is 2.23. The standard InChI is InChI=1S/C14H15N3O3/c1-20-14(19)11-7-4-8-17(11)13(18)12-9-5-2-3-6-10(9)15-16-12/h2-3,5-6,11H,4,7-8H2,1H3,(H,15,16). The van der Waals surface area contributed by atoms with Gasteiger partial charge in [-0.15, -0.1) is 0 Å². The maximum Gasteiger partial charge on any atom is 0.328 e. The molecule has 6 nitrogen and oxygen atoms in total. The van der Waals surface area contributed by atoms with Crippen LogP contribution >= 0.6 is 0 Å². The Bertz CT molecular complexity index is 664. The van der Waals surface area contributed by atoms with Crippen LogP contribution in [0.5, 0.6) is 0 Å². The minimum absolute atomic E-state index is 0.227. The first-order chi connectivity index (χ1) is 9.72. The van der Waals surface area contributed by atoms with Gasteiger partial charge in [-0.05, 0) is 18.9 Å². The number of amides is 1. The third-order valence-corrected chi connectivity index (χ3v) is 3.66. The van der Waals surface area contributed by atoms with E-state index in [9.17, 15) is 9.59 Å². The van der Waals surface area contributed by atoms with Gasteiger partial charge in [0.2, 0.25) is 0 Å². The summed E-state index contributed by atoms with van der Waals surface area (Å²) in [5, 5.41) is 7.70. The first-order valence-corrected chi connectivity index (χ1v) is 6.54. The van der Waals surface area contributed by atoms with Crippen molar-refractivity contribution in [2.75, 3.05) is 13.7 Å². The average molecular weight is 273 g/mol. The number of likely N-dealkylation sites (tertiary alicyclic amines) is 1. The summed E-state index contributed by atoms with van der Waals surface area (Å²) in [4.78, 5) is 25.9. The molecule has 1 aliphatic heterocycles. The Morgan fingerprint density at radius 3 is 3.00 bits per heavy atom. The van der Waals surface area contributed by atoms with Crippen molar-refractivity contribution in [1.29, 1.82) is 0 Å². The minimum atomic E-state index is -0.497. The number of aromatic nitrogens is 2. The lowest BCUT2D eigenvalue weighted by molar-refractivity contribution is -0.145. The molecule has 1 aromatic heterocycles. The van der Waals surface area contributed by atoms with Crippen LogP contribution in [0, 0.1) is 0 Å². The van der Waals surface area contributed by atoms with Gasteiger partial charge in [-0.1, -0.05) is 18.2 Å². The number of carbonyl (C=O) groups is 2. The summed E-state index contributed by atoms with van der Waals surface area (Å²) in [5.41, 5.74) is 1.17. The van der Waals surface area contributed by atoms with Crippen LogP contribution in [-0.4, -0.2) is 46.7 Å². The predicted molar refractivity (Wildman–Crippen MR) is 72.2 cm³/mol. The molecule has 1 amide bonds. The number of nitrogens with zero attached hydrogens (tertiary/aromatic N) is 2. The SMILES string of the molecule is COC(=O)C1CCCN1C(=O)c1n[nH]c2ccccc12. The number of fused-ring (bicyclic) bond motifs is 1. The van der Waals surface area contributed by atoms with Gasteiger partial charge in [0.05, 0.1) is 12.6 Å². The zero-order valence-electron chi connectivity index (χ0n) is 11.1. The molecule has 104 valence electrons. The van der Waals surface area contributed by atoms with E-state index in [4.69, 9.17) is 4.74 Å². The van der Waals surface area contributed by atoms with Crippen LogP contribution in [0.1, 0.15) is 23.3 Å². The van der Waals surface area contributed by atoms with Crippen LogP contribution in [-0.2, 0) is 9.53 Å². The molecule has 0 aliphatic carbocycles. The molecule has 2 heterocycles. The number of nitrogens with one attached hydrogen (secondary N) is 1. The van der Waals surface area contributed by atoms with Gasteiger partial charge in [-0.25, -0.2) is 4.79 Å². The van der Waals surface area contributed by atoms with Gasteiger partial charge in [0, 0.05) is 11.9 Å². The van der Waals surface area contributed by atoms with Crippen molar-refractivity contribution in [3.63, 3.8) is 0 Å². The zero-order valence-corrected chi connectivity index (χ0v) is 11.1. The first kappa shape index (κ1) is 12.7. The van der Waals surface area contributed by atoms with E-state index >= 15 is 0 Å². The normalized spacial score (nSPS) is 18.4. The molecule has 1 saturated heterocycles. The second-order valence-electron chi connectivity index (χ2n) is 4.80. The topological polar surface area (TPSA) is 75.3 Å². The van der Waals surface area contributed by atoms with Crippen LogP contribution in [0.4, 0.5) is 0 Å². The third-order valence-electron chi connectivity index (χ3n) is 3.66. The number of rotatable bonds is 2. The minimum Gasteiger partial charge on any atom is -0.467 e. The summed E-state index contributed by atoms with van der Waals surface area (Å²) in [7, 11) is 1.34. The van der Waals surface area contributed by atoms with Crippen molar-refractivity contribution in [2.45, 2.75) is 18.9 Å². The molecule has 20 heavy (non-hydrogen) atoms. The van der Waals surface area contributed by atoms with Crippen LogP contribution in [0.3, 0.4) is 0 Å². The molecule has 0 saturated carbocycles. The number of hydrogen-bond acceptors (Lipinski definition) is 4. The van der Waals surface area contributed by atoms with Crippen LogP contribution in [0.2, 0.25) is 0 Å². The second-order valence-corrected chi connectivity index (χ2v) is 4.80. The summed E-state index contributed by atoms with van der Waals surface area (Å²) >= 11 is 0. The van der Waals surface area contributed by atoms with Crippen molar-refractivity contribution >= 4 is 22.8 Å². The molecule has 1 aromatic carbocycles. The van der Waals surface area contributed by atoms with Crippen molar-refractivity contribution in [1.82, 2.24) is 15.1 Å². The van der Waals surface area contributed by atoms with Crippen molar-refractivity contribution in [2.24, 2.45) is 0 Å². The number of methoxy groups -OCH3 is 1. The molecule has 1 N–H and O–H groups in total. The van der Waals surface area contributed by atoms with E-state index in [1.165, 1.54) is 7.11 Å². The second kappa shape index (κ2) is 4.96. The van der Waals surface area contributed by atoms with Gasteiger partial charge in [0.1, 0.15) is 6.04 Å². The fourth-order valence-corrected chi connectivity index (χ4v) is 2.65. The van der Waals surface area contributed by atoms with E-state index in [0.29, 0.717) is 18.7 Å². The van der Waals surface area contributed by atoms with Gasteiger partial charge in [0.15, 0.2) is 5.69 Å². The number of para-hydroxylation sites is 1. The molecule has 0 radical (unpaired) electrons. The number of benzene rings is 1. The number of H-pyrrole nitrogens is 1. The Morgan fingerprint density at radius 1 is 1.40 bits per heavy atom. The van der Waals surface area contributed by atoms with E-state index in [1.807, 2.05) is 24.3 Å². The third kappa shape index (κ3) is 1.93. The number of ether oxygens (including phenoxy) is 1. The lowest BCUT2D eigenvalue weighted by atomic mass is 10.2. The summed E-state index contributed by atoms with van der Waals surface area (Å²) in [6, 6.07) is 6.94. The maximum absolute atomic E-state index is 12.6. The van der Waals surface area contributed by atoms with E-state index in [0.717, 1.165) is 17.3 Å². The van der Waals surface area contributed by atoms with Gasteiger partial charge in [-0.3, -0.25) is 9.89 Å². The fourth-order valence-electron chi connectivity index (χ4n) is 2.65. The quantitative estimate of drug-likeness (QED) is 0.838. The highest BCUT2D eigenvalue weighted by Gasteiger charge is 2.36. The van der Waals surface area contributed by atoms with E-state index < -0.39 is 6.04 Å². The number of carbonyl (C=O) groups excluding carboxylic acids is 2.